The van der Waals surface area contributed by atoms with E-state index in [9.17, 15) is 9.90 Å². The van der Waals surface area contributed by atoms with Gasteiger partial charge in [-0.3, -0.25) is 14.4 Å². The summed E-state index contributed by atoms with van der Waals surface area (Å²) in [4.78, 5) is 13.7. The molecule has 0 amide bonds. The molecule has 1 aliphatic heterocycles. The van der Waals surface area contributed by atoms with Gasteiger partial charge in [-0.15, -0.1) is 0 Å². The van der Waals surface area contributed by atoms with E-state index in [-0.39, 0.29) is 6.04 Å². The Balaban J connectivity index is 1.74. The van der Waals surface area contributed by atoms with Crippen LogP contribution in [0.25, 0.3) is 0 Å². The van der Waals surface area contributed by atoms with Crippen molar-refractivity contribution in [1.82, 2.24) is 14.7 Å². The summed E-state index contributed by atoms with van der Waals surface area (Å²) in [5, 5.41) is 13.9. The molecule has 0 spiro atoms. The van der Waals surface area contributed by atoms with E-state index in [1.165, 1.54) is 12.8 Å². The van der Waals surface area contributed by atoms with Gasteiger partial charge in [0.05, 0.1) is 6.20 Å². The first-order valence-corrected chi connectivity index (χ1v) is 7.56. The van der Waals surface area contributed by atoms with Crippen LogP contribution in [0.15, 0.2) is 12.4 Å². The molecule has 2 fully saturated rings. The number of hydrogen-bond donors (Lipinski definition) is 1. The first-order chi connectivity index (χ1) is 9.56. The van der Waals surface area contributed by atoms with Gasteiger partial charge in [0, 0.05) is 30.9 Å². The summed E-state index contributed by atoms with van der Waals surface area (Å²) < 4.78 is 1.93. The van der Waals surface area contributed by atoms with Crippen molar-refractivity contribution in [3.8, 4) is 0 Å². The molecule has 2 aliphatic rings. The van der Waals surface area contributed by atoms with Crippen LogP contribution in [0.2, 0.25) is 0 Å². The highest BCUT2D eigenvalue weighted by Crippen LogP contribution is 2.42. The van der Waals surface area contributed by atoms with Crippen LogP contribution in [-0.4, -0.2) is 38.3 Å². The molecule has 1 N–H and O–H groups in total. The van der Waals surface area contributed by atoms with E-state index in [4.69, 9.17) is 0 Å². The maximum atomic E-state index is 11.6. The molecular formula is C15H23N3O2. The first kappa shape index (κ1) is 13.6. The normalized spacial score (nSPS) is 30.1. The summed E-state index contributed by atoms with van der Waals surface area (Å²) in [5.41, 5.74) is 1.12. The third kappa shape index (κ3) is 2.35. The minimum Gasteiger partial charge on any atom is -0.480 e. The van der Waals surface area contributed by atoms with E-state index < -0.39 is 5.97 Å². The number of likely N-dealkylation sites (tertiary alicyclic amines) is 1. The van der Waals surface area contributed by atoms with Gasteiger partial charge in [-0.1, -0.05) is 6.42 Å². The molecule has 110 valence electrons. The molecule has 3 rings (SSSR count). The monoisotopic (exact) mass is 277 g/mol. The van der Waals surface area contributed by atoms with Gasteiger partial charge in [-0.05, 0) is 38.5 Å². The van der Waals surface area contributed by atoms with Crippen LogP contribution in [0.1, 0.15) is 44.7 Å². The minimum atomic E-state index is -0.657. The second-order valence-electron chi connectivity index (χ2n) is 6.49. The summed E-state index contributed by atoms with van der Waals surface area (Å²) in [7, 11) is 0. The predicted molar refractivity (Wildman–Crippen MR) is 75.3 cm³/mol. The summed E-state index contributed by atoms with van der Waals surface area (Å²) in [6.07, 6.45) is 7.36. The summed E-state index contributed by atoms with van der Waals surface area (Å²) in [5.74, 6) is 0.277. The highest BCUT2D eigenvalue weighted by molar-refractivity contribution is 5.74. The van der Waals surface area contributed by atoms with E-state index in [0.29, 0.717) is 24.4 Å². The molecule has 1 saturated carbocycles. The second-order valence-corrected chi connectivity index (χ2v) is 6.49. The fourth-order valence-electron chi connectivity index (χ4n) is 3.87. The Labute approximate surface area is 119 Å². The average molecular weight is 277 g/mol. The van der Waals surface area contributed by atoms with Crippen molar-refractivity contribution in [3.05, 3.63) is 18.0 Å². The molecule has 3 unspecified atom stereocenters. The van der Waals surface area contributed by atoms with Crippen LogP contribution < -0.4 is 0 Å². The number of hydrogen-bond acceptors (Lipinski definition) is 3. The Bertz CT molecular complexity index is 497. The van der Waals surface area contributed by atoms with E-state index in [1.54, 1.807) is 0 Å². The zero-order valence-electron chi connectivity index (χ0n) is 12.2. The van der Waals surface area contributed by atoms with Crippen LogP contribution in [0.5, 0.6) is 0 Å². The third-order valence-electron chi connectivity index (χ3n) is 4.81. The van der Waals surface area contributed by atoms with E-state index in [0.717, 1.165) is 18.5 Å². The zero-order valence-corrected chi connectivity index (χ0v) is 12.2. The van der Waals surface area contributed by atoms with Crippen LogP contribution in [-0.2, 0) is 11.3 Å². The lowest BCUT2D eigenvalue weighted by molar-refractivity contribution is -0.143. The highest BCUT2D eigenvalue weighted by atomic mass is 16.4. The third-order valence-corrected chi connectivity index (χ3v) is 4.81. The predicted octanol–water partition coefficient (Wildman–Crippen LogP) is 2.15. The molecule has 2 heterocycles. The lowest BCUT2D eigenvalue weighted by Crippen LogP contribution is -2.39. The standard InChI is InChI=1S/C15H23N3O2/c1-10(2)18-8-11(6-16-18)7-17-9-12-4-3-5-13(12)14(17)15(19)20/h6,8,10,12-14H,3-5,7,9H2,1-2H3,(H,19,20). The number of carboxylic acids is 1. The number of nitrogens with zero attached hydrogens (tertiary/aromatic N) is 3. The Hall–Kier alpha value is -1.36. The largest absolute Gasteiger partial charge is 0.480 e. The van der Waals surface area contributed by atoms with Crippen LogP contribution >= 0.6 is 0 Å². The molecule has 0 aromatic carbocycles. The maximum Gasteiger partial charge on any atom is 0.321 e. The Morgan fingerprint density at radius 2 is 2.30 bits per heavy atom. The second kappa shape index (κ2) is 5.20. The molecule has 1 aliphatic carbocycles. The number of aliphatic carboxylic acids is 1. The summed E-state index contributed by atoms with van der Waals surface area (Å²) >= 11 is 0. The van der Waals surface area contributed by atoms with Gasteiger partial charge in [0.25, 0.3) is 0 Å². The maximum absolute atomic E-state index is 11.6. The molecule has 1 aromatic rings. The summed E-state index contributed by atoms with van der Waals surface area (Å²) in [6, 6.07) is 0.0434. The van der Waals surface area contributed by atoms with Gasteiger partial charge < -0.3 is 5.11 Å². The lowest BCUT2D eigenvalue weighted by Gasteiger charge is -2.23. The molecule has 1 aromatic heterocycles. The van der Waals surface area contributed by atoms with Gasteiger partial charge >= 0.3 is 5.97 Å². The fourth-order valence-corrected chi connectivity index (χ4v) is 3.87. The van der Waals surface area contributed by atoms with Gasteiger partial charge in [0.15, 0.2) is 0 Å². The molecule has 5 nitrogen and oxygen atoms in total. The smallest absolute Gasteiger partial charge is 0.321 e. The molecular weight excluding hydrogens is 254 g/mol. The number of carbonyl (C=O) groups is 1. The number of rotatable bonds is 4. The van der Waals surface area contributed by atoms with Gasteiger partial charge in [0.1, 0.15) is 6.04 Å². The van der Waals surface area contributed by atoms with Gasteiger partial charge in [0.2, 0.25) is 0 Å². The molecule has 20 heavy (non-hydrogen) atoms. The fraction of sp³-hybridized carbons (Fsp3) is 0.733. The number of carboxylic acid groups (broad SMARTS) is 1. The zero-order chi connectivity index (χ0) is 14.3. The van der Waals surface area contributed by atoms with Gasteiger partial charge in [-0.25, -0.2) is 0 Å². The molecule has 0 radical (unpaired) electrons. The minimum absolute atomic E-state index is 0.301. The van der Waals surface area contributed by atoms with Crippen LogP contribution in [0.3, 0.4) is 0 Å². The number of fused-ring (bicyclic) bond motifs is 1. The quantitative estimate of drug-likeness (QED) is 0.916. The average Bonchev–Trinajstić information content (AvgIpc) is 3.02. The molecule has 3 atom stereocenters. The van der Waals surface area contributed by atoms with Crippen molar-refractivity contribution in [3.63, 3.8) is 0 Å². The first-order valence-electron chi connectivity index (χ1n) is 7.56. The highest BCUT2D eigenvalue weighted by Gasteiger charge is 2.47. The topological polar surface area (TPSA) is 58.4 Å². The van der Waals surface area contributed by atoms with E-state index >= 15 is 0 Å². The van der Waals surface area contributed by atoms with Crippen LogP contribution in [0.4, 0.5) is 0 Å². The summed E-state index contributed by atoms with van der Waals surface area (Å²) in [6.45, 7) is 5.82. The molecule has 5 heteroatoms. The Kier molecular flexibility index (Phi) is 3.54. The van der Waals surface area contributed by atoms with Crippen molar-refractivity contribution in [1.29, 1.82) is 0 Å². The Morgan fingerprint density at radius 3 is 2.95 bits per heavy atom. The lowest BCUT2D eigenvalue weighted by atomic mass is 9.94. The van der Waals surface area contributed by atoms with Gasteiger partial charge in [-0.2, -0.15) is 5.10 Å². The van der Waals surface area contributed by atoms with Crippen LogP contribution in [0, 0.1) is 11.8 Å². The van der Waals surface area contributed by atoms with Crippen molar-refractivity contribution in [2.24, 2.45) is 11.8 Å². The van der Waals surface area contributed by atoms with E-state index in [1.807, 2.05) is 17.1 Å². The van der Waals surface area contributed by atoms with Crippen molar-refractivity contribution >= 4 is 5.97 Å². The molecule has 1 saturated heterocycles. The van der Waals surface area contributed by atoms with Crippen molar-refractivity contribution < 1.29 is 9.90 Å². The SMILES string of the molecule is CC(C)n1cc(CN2CC3CCCC3C2C(=O)O)cn1. The Morgan fingerprint density at radius 1 is 1.50 bits per heavy atom. The number of aromatic nitrogens is 2. The molecule has 0 bridgehead atoms. The van der Waals surface area contributed by atoms with Crippen molar-refractivity contribution in [2.45, 2.75) is 51.7 Å². The van der Waals surface area contributed by atoms with E-state index in [2.05, 4.69) is 23.8 Å². The van der Waals surface area contributed by atoms with Crippen molar-refractivity contribution in [2.75, 3.05) is 6.54 Å².